The van der Waals surface area contributed by atoms with Crippen molar-refractivity contribution in [1.82, 2.24) is 4.90 Å². The Bertz CT molecular complexity index is 771. The van der Waals surface area contributed by atoms with Gasteiger partial charge in [-0.3, -0.25) is 14.5 Å². The maximum atomic E-state index is 13.2. The number of amides is 2. The Kier molecular flexibility index (Phi) is 16.5. The van der Waals surface area contributed by atoms with E-state index in [9.17, 15) is 9.59 Å². The lowest BCUT2D eigenvalue weighted by atomic mass is 9.88. The third kappa shape index (κ3) is 11.3. The summed E-state index contributed by atoms with van der Waals surface area (Å²) in [5.41, 5.74) is 1.22. The molecular weight excluding hydrogens is 521 g/mol. The fourth-order valence-corrected chi connectivity index (χ4v) is 6.13. The van der Waals surface area contributed by atoms with E-state index in [1.54, 1.807) is 12.1 Å². The van der Waals surface area contributed by atoms with Gasteiger partial charge in [0.15, 0.2) is 0 Å². The van der Waals surface area contributed by atoms with Gasteiger partial charge in [-0.1, -0.05) is 141 Å². The number of benzene rings is 1. The monoisotopic (exact) mass is 571 g/mol. The van der Waals surface area contributed by atoms with Crippen molar-refractivity contribution in [2.75, 3.05) is 6.54 Å². The molecule has 2 radical (unpaired) electrons. The topological polar surface area (TPSA) is 37.4 Å². The summed E-state index contributed by atoms with van der Waals surface area (Å²) < 4.78 is 0.659. The third-order valence-electron chi connectivity index (χ3n) is 7.98. The van der Waals surface area contributed by atoms with Crippen molar-refractivity contribution in [3.8, 4) is 0 Å². The Labute approximate surface area is 237 Å². The van der Waals surface area contributed by atoms with Crippen LogP contribution in [0.25, 0.3) is 0 Å². The molecule has 5 heteroatoms. The molecule has 1 aliphatic rings. The van der Waals surface area contributed by atoms with Gasteiger partial charge in [-0.05, 0) is 40.8 Å². The molecule has 1 atom stereocenters. The second kappa shape index (κ2) is 19.0. The SMILES string of the molecule is [B]c1ccc(Br)c2c1C(=O)N(CC(CCCCCCCCCC)CCCCCCCCCCCC)C2=O. The van der Waals surface area contributed by atoms with Gasteiger partial charge in [0.2, 0.25) is 0 Å². The van der Waals surface area contributed by atoms with Gasteiger partial charge in [-0.15, -0.1) is 0 Å². The predicted molar refractivity (Wildman–Crippen MR) is 162 cm³/mol. The lowest BCUT2D eigenvalue weighted by molar-refractivity contribution is 0.0622. The number of unbranched alkanes of at least 4 members (excludes halogenated alkanes) is 16. The number of hydrogen-bond acceptors (Lipinski definition) is 2. The van der Waals surface area contributed by atoms with Crippen molar-refractivity contribution in [2.24, 2.45) is 5.92 Å². The highest BCUT2D eigenvalue weighted by atomic mass is 79.9. The largest absolute Gasteiger partial charge is 0.274 e. The molecule has 0 aliphatic carbocycles. The van der Waals surface area contributed by atoms with Gasteiger partial charge in [0.05, 0.1) is 5.56 Å². The number of halogens is 1. The lowest BCUT2D eigenvalue weighted by Gasteiger charge is -2.23. The summed E-state index contributed by atoms with van der Waals surface area (Å²) >= 11 is 3.46. The third-order valence-corrected chi connectivity index (χ3v) is 8.64. The molecule has 37 heavy (non-hydrogen) atoms. The van der Waals surface area contributed by atoms with E-state index in [-0.39, 0.29) is 11.8 Å². The number of carbonyl (C=O) groups is 2. The molecule has 1 aromatic carbocycles. The first kappa shape index (κ1) is 32.1. The molecule has 1 heterocycles. The molecular formula is C32H51BBrNO2. The van der Waals surface area contributed by atoms with Crippen LogP contribution < -0.4 is 5.46 Å². The summed E-state index contributed by atoms with van der Waals surface area (Å²) in [6.45, 7) is 5.05. The molecule has 0 fully saturated rings. The Morgan fingerprint density at radius 2 is 1.05 bits per heavy atom. The number of hydrogen-bond donors (Lipinski definition) is 0. The summed E-state index contributed by atoms with van der Waals surface area (Å²) in [5.74, 6) is -0.0395. The molecule has 0 spiro atoms. The van der Waals surface area contributed by atoms with Crippen molar-refractivity contribution < 1.29 is 9.59 Å². The fourth-order valence-electron chi connectivity index (χ4n) is 5.63. The normalized spacial score (nSPS) is 14.0. The van der Waals surface area contributed by atoms with Crippen LogP contribution in [0.3, 0.4) is 0 Å². The van der Waals surface area contributed by atoms with Crippen molar-refractivity contribution in [1.29, 1.82) is 0 Å². The highest BCUT2D eigenvalue weighted by Crippen LogP contribution is 2.30. The fraction of sp³-hybridized carbons (Fsp3) is 0.750. The summed E-state index contributed by atoms with van der Waals surface area (Å²) in [6, 6.07) is 3.48. The standard InChI is InChI=1S/C32H51BBrNO2/c1-3-5-7-9-11-13-14-16-18-20-22-26(21-19-17-15-12-10-8-6-4-2)25-35-31(36)29-27(33)23-24-28(34)30(29)32(35)37/h23-24,26H,3-22,25H2,1-2H3. The van der Waals surface area contributed by atoms with Crippen molar-refractivity contribution in [3.63, 3.8) is 0 Å². The Morgan fingerprint density at radius 3 is 1.49 bits per heavy atom. The number of nitrogens with zero attached hydrogens (tertiary/aromatic N) is 1. The van der Waals surface area contributed by atoms with Crippen LogP contribution in [0.15, 0.2) is 16.6 Å². The van der Waals surface area contributed by atoms with E-state index in [1.165, 1.54) is 120 Å². The van der Waals surface area contributed by atoms with E-state index >= 15 is 0 Å². The van der Waals surface area contributed by atoms with Gasteiger partial charge in [0, 0.05) is 16.6 Å². The molecule has 3 nitrogen and oxygen atoms in total. The van der Waals surface area contributed by atoms with Crippen LogP contribution in [0, 0.1) is 5.92 Å². The Balaban J connectivity index is 1.81. The molecule has 1 unspecified atom stereocenters. The van der Waals surface area contributed by atoms with Gasteiger partial charge in [0.1, 0.15) is 7.85 Å². The van der Waals surface area contributed by atoms with Gasteiger partial charge in [-0.25, -0.2) is 0 Å². The van der Waals surface area contributed by atoms with E-state index in [1.807, 2.05) is 0 Å². The molecule has 0 saturated carbocycles. The zero-order valence-electron chi connectivity index (χ0n) is 23.8. The molecule has 1 aliphatic heterocycles. The molecule has 206 valence electrons. The first-order valence-electron chi connectivity index (χ1n) is 15.4. The number of carbonyl (C=O) groups excluding carboxylic acids is 2. The summed E-state index contributed by atoms with van der Waals surface area (Å²) in [7, 11) is 6.09. The van der Waals surface area contributed by atoms with E-state index in [0.29, 0.717) is 33.5 Å². The van der Waals surface area contributed by atoms with E-state index in [2.05, 4.69) is 29.8 Å². The van der Waals surface area contributed by atoms with E-state index in [4.69, 9.17) is 7.85 Å². The zero-order chi connectivity index (χ0) is 26.9. The molecule has 0 aromatic heterocycles. The van der Waals surface area contributed by atoms with Gasteiger partial charge in [-0.2, -0.15) is 0 Å². The minimum Gasteiger partial charge on any atom is -0.274 e. The van der Waals surface area contributed by atoms with Crippen LogP contribution >= 0.6 is 15.9 Å². The van der Waals surface area contributed by atoms with Crippen LogP contribution in [-0.4, -0.2) is 31.1 Å². The summed E-state index contributed by atoms with van der Waals surface area (Å²) in [4.78, 5) is 27.8. The number of imide groups is 1. The second-order valence-electron chi connectivity index (χ2n) is 11.2. The molecule has 0 N–H and O–H groups in total. The lowest BCUT2D eigenvalue weighted by Crippen LogP contribution is -2.35. The van der Waals surface area contributed by atoms with Crippen molar-refractivity contribution >= 4 is 41.1 Å². The van der Waals surface area contributed by atoms with Crippen LogP contribution in [0.1, 0.15) is 163 Å². The Morgan fingerprint density at radius 1 is 0.649 bits per heavy atom. The van der Waals surface area contributed by atoms with Gasteiger partial charge >= 0.3 is 0 Å². The molecule has 2 rings (SSSR count). The second-order valence-corrected chi connectivity index (χ2v) is 12.1. The average molecular weight is 572 g/mol. The molecule has 1 aromatic rings. The predicted octanol–water partition coefficient (Wildman–Crippen LogP) is 9.30. The highest BCUT2D eigenvalue weighted by molar-refractivity contribution is 9.10. The zero-order valence-corrected chi connectivity index (χ0v) is 25.4. The summed E-state index contributed by atoms with van der Waals surface area (Å²) in [6.07, 6.45) is 25.9. The Hall–Kier alpha value is -1.10. The van der Waals surface area contributed by atoms with Crippen LogP contribution in [0.4, 0.5) is 0 Å². The van der Waals surface area contributed by atoms with Crippen LogP contribution in [-0.2, 0) is 0 Å². The average Bonchev–Trinajstić information content (AvgIpc) is 3.14. The minimum atomic E-state index is -0.220. The van der Waals surface area contributed by atoms with Crippen LogP contribution in [0.2, 0.25) is 0 Å². The number of fused-ring (bicyclic) bond motifs is 1. The first-order chi connectivity index (χ1) is 18.0. The van der Waals surface area contributed by atoms with Crippen molar-refractivity contribution in [2.45, 2.75) is 142 Å². The van der Waals surface area contributed by atoms with Crippen molar-refractivity contribution in [3.05, 3.63) is 27.7 Å². The van der Waals surface area contributed by atoms with Gasteiger partial charge < -0.3 is 0 Å². The molecule has 2 amide bonds. The first-order valence-corrected chi connectivity index (χ1v) is 16.2. The highest BCUT2D eigenvalue weighted by Gasteiger charge is 2.38. The molecule has 0 bridgehead atoms. The minimum absolute atomic E-state index is 0.192. The van der Waals surface area contributed by atoms with Crippen LogP contribution in [0.5, 0.6) is 0 Å². The van der Waals surface area contributed by atoms with Gasteiger partial charge in [0.25, 0.3) is 11.8 Å². The molecule has 0 saturated heterocycles. The maximum absolute atomic E-state index is 13.2. The number of rotatable bonds is 22. The quantitative estimate of drug-likeness (QED) is 0.0789. The summed E-state index contributed by atoms with van der Waals surface area (Å²) in [5, 5.41) is 0. The van der Waals surface area contributed by atoms with E-state index in [0.717, 1.165) is 12.8 Å². The van der Waals surface area contributed by atoms with E-state index < -0.39 is 0 Å². The smallest absolute Gasteiger partial charge is 0.262 e. The maximum Gasteiger partial charge on any atom is 0.262 e.